The fourth-order valence-corrected chi connectivity index (χ4v) is 1.91. The van der Waals surface area contributed by atoms with Crippen molar-refractivity contribution in [3.63, 3.8) is 0 Å². The average molecular weight is 345 g/mol. The molecule has 21 heavy (non-hydrogen) atoms. The van der Waals surface area contributed by atoms with Crippen molar-refractivity contribution in [1.82, 2.24) is 0 Å². The van der Waals surface area contributed by atoms with Crippen LogP contribution in [0.15, 0.2) is 53.0 Å². The smallest absolute Gasteiger partial charge is 0.265 e. The highest BCUT2D eigenvalue weighted by Crippen LogP contribution is 2.18. The number of hydrogen-bond donors (Lipinski definition) is 1. The summed E-state index contributed by atoms with van der Waals surface area (Å²) in [6.07, 6.45) is -0.623. The molecule has 0 spiro atoms. The van der Waals surface area contributed by atoms with Crippen molar-refractivity contribution in [1.29, 1.82) is 5.26 Å². The van der Waals surface area contributed by atoms with Crippen LogP contribution in [0.1, 0.15) is 12.5 Å². The van der Waals surface area contributed by atoms with Crippen molar-refractivity contribution in [2.24, 2.45) is 0 Å². The number of hydrogen-bond acceptors (Lipinski definition) is 3. The van der Waals surface area contributed by atoms with Crippen LogP contribution in [0.25, 0.3) is 0 Å². The van der Waals surface area contributed by atoms with Crippen molar-refractivity contribution in [3.8, 4) is 11.8 Å². The highest BCUT2D eigenvalue weighted by Gasteiger charge is 2.14. The molecule has 0 aliphatic rings. The van der Waals surface area contributed by atoms with Gasteiger partial charge in [0.1, 0.15) is 5.75 Å². The number of rotatable bonds is 4. The first kappa shape index (κ1) is 15.1. The number of nitrogens with one attached hydrogen (secondary N) is 1. The molecular formula is C16H13BrN2O2. The molecule has 2 aromatic rings. The fourth-order valence-electron chi connectivity index (χ4n) is 1.64. The molecule has 0 bridgehead atoms. The Morgan fingerprint density at radius 2 is 1.81 bits per heavy atom. The zero-order chi connectivity index (χ0) is 15.2. The molecule has 0 saturated heterocycles. The van der Waals surface area contributed by atoms with E-state index < -0.39 is 6.10 Å². The van der Waals surface area contributed by atoms with Gasteiger partial charge in [0, 0.05) is 10.2 Å². The Hall–Kier alpha value is -2.32. The topological polar surface area (TPSA) is 62.1 Å². The van der Waals surface area contributed by atoms with Crippen LogP contribution in [-0.4, -0.2) is 12.0 Å². The van der Waals surface area contributed by atoms with Crippen molar-refractivity contribution in [3.05, 3.63) is 58.6 Å². The summed E-state index contributed by atoms with van der Waals surface area (Å²) >= 11 is 3.34. The van der Waals surface area contributed by atoms with Gasteiger partial charge in [-0.3, -0.25) is 4.79 Å². The third kappa shape index (κ3) is 4.33. The minimum atomic E-state index is -0.623. The third-order valence-corrected chi connectivity index (χ3v) is 3.31. The van der Waals surface area contributed by atoms with E-state index in [9.17, 15) is 4.79 Å². The molecule has 0 saturated carbocycles. The molecule has 0 heterocycles. The quantitative estimate of drug-likeness (QED) is 0.919. The van der Waals surface area contributed by atoms with Gasteiger partial charge in [0.05, 0.1) is 11.6 Å². The number of nitriles is 1. The molecule has 2 rings (SSSR count). The van der Waals surface area contributed by atoms with E-state index >= 15 is 0 Å². The lowest BCUT2D eigenvalue weighted by Crippen LogP contribution is -2.30. The van der Waals surface area contributed by atoms with Gasteiger partial charge >= 0.3 is 0 Å². The number of carbonyl (C=O) groups is 1. The minimum Gasteiger partial charge on any atom is -0.481 e. The van der Waals surface area contributed by atoms with Gasteiger partial charge in [-0.25, -0.2) is 0 Å². The van der Waals surface area contributed by atoms with Gasteiger partial charge in [0.25, 0.3) is 5.91 Å². The summed E-state index contributed by atoms with van der Waals surface area (Å²) in [5.74, 6) is 0.378. The highest BCUT2D eigenvalue weighted by molar-refractivity contribution is 9.10. The Morgan fingerprint density at radius 1 is 1.19 bits per heavy atom. The molecule has 1 atom stereocenters. The fraction of sp³-hybridized carbons (Fsp3) is 0.125. The van der Waals surface area contributed by atoms with Gasteiger partial charge in [-0.05, 0) is 55.5 Å². The SMILES string of the molecule is CC(Oc1ccc(Br)cc1)C(=O)Nc1ccc(C#N)cc1. The van der Waals surface area contributed by atoms with Crippen LogP contribution in [0.4, 0.5) is 5.69 Å². The lowest BCUT2D eigenvalue weighted by atomic mass is 10.2. The number of halogens is 1. The Kier molecular flexibility index (Phi) is 4.96. The van der Waals surface area contributed by atoms with Crippen LogP contribution in [0.2, 0.25) is 0 Å². The Labute approximate surface area is 131 Å². The molecule has 0 aliphatic heterocycles. The van der Waals surface area contributed by atoms with E-state index in [0.717, 1.165) is 4.47 Å². The maximum absolute atomic E-state index is 12.0. The molecule has 0 radical (unpaired) electrons. The molecule has 2 aromatic carbocycles. The first-order valence-electron chi connectivity index (χ1n) is 6.32. The first-order valence-corrected chi connectivity index (χ1v) is 7.11. The van der Waals surface area contributed by atoms with Gasteiger partial charge in [0.2, 0.25) is 0 Å². The molecule has 4 nitrogen and oxygen atoms in total. The summed E-state index contributed by atoms with van der Waals surface area (Å²) in [5.41, 5.74) is 1.18. The number of amides is 1. The zero-order valence-corrected chi connectivity index (χ0v) is 12.9. The Balaban J connectivity index is 1.95. The van der Waals surface area contributed by atoms with Crippen LogP contribution >= 0.6 is 15.9 Å². The van der Waals surface area contributed by atoms with Crippen LogP contribution < -0.4 is 10.1 Å². The van der Waals surface area contributed by atoms with Crippen LogP contribution in [-0.2, 0) is 4.79 Å². The normalized spacial score (nSPS) is 11.3. The molecular weight excluding hydrogens is 332 g/mol. The van der Waals surface area contributed by atoms with Crippen molar-refractivity contribution < 1.29 is 9.53 Å². The van der Waals surface area contributed by atoms with E-state index in [4.69, 9.17) is 10.00 Å². The molecule has 1 unspecified atom stereocenters. The predicted molar refractivity (Wildman–Crippen MR) is 84.0 cm³/mol. The van der Waals surface area contributed by atoms with Crippen LogP contribution in [0.5, 0.6) is 5.75 Å². The Bertz CT molecular complexity index is 660. The molecule has 0 aliphatic carbocycles. The number of anilines is 1. The maximum atomic E-state index is 12.0. The van der Waals surface area contributed by atoms with Gasteiger partial charge in [-0.1, -0.05) is 15.9 Å². The number of ether oxygens (including phenoxy) is 1. The molecule has 106 valence electrons. The Morgan fingerprint density at radius 3 is 2.38 bits per heavy atom. The van der Waals surface area contributed by atoms with Crippen molar-refractivity contribution >= 4 is 27.5 Å². The standard InChI is InChI=1S/C16H13BrN2O2/c1-11(21-15-8-4-13(17)5-9-15)16(20)19-14-6-2-12(10-18)3-7-14/h2-9,11H,1H3,(H,19,20). The van der Waals surface area contributed by atoms with E-state index in [-0.39, 0.29) is 5.91 Å². The van der Waals surface area contributed by atoms with E-state index in [1.165, 1.54) is 0 Å². The highest BCUT2D eigenvalue weighted by atomic mass is 79.9. The molecule has 1 amide bonds. The van der Waals surface area contributed by atoms with E-state index in [2.05, 4.69) is 21.2 Å². The van der Waals surface area contributed by atoms with E-state index in [1.807, 2.05) is 18.2 Å². The van der Waals surface area contributed by atoms with Crippen LogP contribution in [0.3, 0.4) is 0 Å². The van der Waals surface area contributed by atoms with Gasteiger partial charge in [-0.15, -0.1) is 0 Å². The lowest BCUT2D eigenvalue weighted by molar-refractivity contribution is -0.122. The van der Waals surface area contributed by atoms with E-state index in [1.54, 1.807) is 43.3 Å². The van der Waals surface area contributed by atoms with Gasteiger partial charge in [-0.2, -0.15) is 5.26 Å². The summed E-state index contributed by atoms with van der Waals surface area (Å²) in [5, 5.41) is 11.5. The predicted octanol–water partition coefficient (Wildman–Crippen LogP) is 3.73. The molecule has 0 aromatic heterocycles. The summed E-state index contributed by atoms with van der Waals surface area (Å²) in [4.78, 5) is 12.0. The summed E-state index contributed by atoms with van der Waals surface area (Å²) in [6.45, 7) is 1.68. The lowest BCUT2D eigenvalue weighted by Gasteiger charge is -2.14. The minimum absolute atomic E-state index is 0.248. The second-order valence-electron chi connectivity index (χ2n) is 4.39. The summed E-state index contributed by atoms with van der Waals surface area (Å²) in [6, 6.07) is 16.0. The molecule has 5 heteroatoms. The largest absolute Gasteiger partial charge is 0.481 e. The van der Waals surface area contributed by atoms with Crippen LogP contribution in [0, 0.1) is 11.3 Å². The monoisotopic (exact) mass is 344 g/mol. The second-order valence-corrected chi connectivity index (χ2v) is 5.31. The maximum Gasteiger partial charge on any atom is 0.265 e. The third-order valence-electron chi connectivity index (χ3n) is 2.78. The number of benzene rings is 2. The summed E-state index contributed by atoms with van der Waals surface area (Å²) < 4.78 is 6.51. The molecule has 1 N–H and O–H groups in total. The van der Waals surface area contributed by atoms with Crippen molar-refractivity contribution in [2.45, 2.75) is 13.0 Å². The summed E-state index contributed by atoms with van der Waals surface area (Å²) in [7, 11) is 0. The number of carbonyl (C=O) groups excluding carboxylic acids is 1. The van der Waals surface area contributed by atoms with Gasteiger partial charge < -0.3 is 10.1 Å². The molecule has 0 fully saturated rings. The zero-order valence-electron chi connectivity index (χ0n) is 11.3. The second kappa shape index (κ2) is 6.91. The van der Waals surface area contributed by atoms with Gasteiger partial charge in [0.15, 0.2) is 6.10 Å². The van der Waals surface area contributed by atoms with Crippen molar-refractivity contribution in [2.75, 3.05) is 5.32 Å². The van der Waals surface area contributed by atoms with E-state index in [0.29, 0.717) is 17.0 Å². The number of nitrogens with zero attached hydrogens (tertiary/aromatic N) is 1. The average Bonchev–Trinajstić information content (AvgIpc) is 2.50. The first-order chi connectivity index (χ1) is 10.1.